The highest BCUT2D eigenvalue weighted by Gasteiger charge is 2.12. The fraction of sp³-hybridized carbons (Fsp3) is 0.312. The zero-order valence-electron chi connectivity index (χ0n) is 11.8. The molecule has 2 aromatic rings. The molecule has 0 spiro atoms. The SMILES string of the molecule is CC(C)Cn1ccc2c(NC3=CC(=O)NC3)cccc21. The predicted molar refractivity (Wildman–Crippen MR) is 81.5 cm³/mol. The number of anilines is 1. The van der Waals surface area contributed by atoms with E-state index in [1.807, 2.05) is 12.1 Å². The molecule has 2 N–H and O–H groups in total. The van der Waals surface area contributed by atoms with Crippen LogP contribution in [-0.4, -0.2) is 17.0 Å². The van der Waals surface area contributed by atoms with Crippen molar-refractivity contribution in [1.29, 1.82) is 0 Å². The van der Waals surface area contributed by atoms with Crippen LogP contribution in [0, 0.1) is 5.92 Å². The number of hydrogen-bond acceptors (Lipinski definition) is 2. The molecule has 0 saturated heterocycles. The minimum atomic E-state index is -0.0305. The largest absolute Gasteiger partial charge is 0.357 e. The molecule has 0 saturated carbocycles. The lowest BCUT2D eigenvalue weighted by atomic mass is 10.2. The van der Waals surface area contributed by atoms with E-state index in [4.69, 9.17) is 0 Å². The van der Waals surface area contributed by atoms with Gasteiger partial charge < -0.3 is 15.2 Å². The van der Waals surface area contributed by atoms with E-state index in [2.05, 4.69) is 47.4 Å². The summed E-state index contributed by atoms with van der Waals surface area (Å²) in [7, 11) is 0. The Balaban J connectivity index is 1.94. The highest BCUT2D eigenvalue weighted by molar-refractivity contribution is 5.95. The minimum absolute atomic E-state index is 0.0305. The lowest BCUT2D eigenvalue weighted by molar-refractivity contribution is -0.115. The summed E-state index contributed by atoms with van der Waals surface area (Å²) in [5, 5.41) is 7.30. The first kappa shape index (κ1) is 12.8. The molecule has 1 aliphatic heterocycles. The molecule has 20 heavy (non-hydrogen) atoms. The molecule has 4 nitrogen and oxygen atoms in total. The molecule has 0 atom stereocenters. The maximum atomic E-state index is 11.2. The van der Waals surface area contributed by atoms with Crippen molar-refractivity contribution in [2.75, 3.05) is 11.9 Å². The van der Waals surface area contributed by atoms with Crippen molar-refractivity contribution in [3.8, 4) is 0 Å². The van der Waals surface area contributed by atoms with Gasteiger partial charge in [-0.15, -0.1) is 0 Å². The van der Waals surface area contributed by atoms with E-state index in [1.54, 1.807) is 6.08 Å². The Labute approximate surface area is 118 Å². The van der Waals surface area contributed by atoms with E-state index in [1.165, 1.54) is 10.9 Å². The Morgan fingerprint density at radius 2 is 2.20 bits per heavy atom. The van der Waals surface area contributed by atoms with E-state index >= 15 is 0 Å². The molecule has 3 rings (SSSR count). The third kappa shape index (κ3) is 2.41. The quantitative estimate of drug-likeness (QED) is 0.896. The molecule has 2 heterocycles. The average molecular weight is 269 g/mol. The summed E-state index contributed by atoms with van der Waals surface area (Å²) in [5.74, 6) is 0.582. The molecule has 0 bridgehead atoms. The van der Waals surface area contributed by atoms with Gasteiger partial charge >= 0.3 is 0 Å². The Morgan fingerprint density at radius 1 is 1.35 bits per heavy atom. The first-order valence-corrected chi connectivity index (χ1v) is 6.97. The van der Waals surface area contributed by atoms with Crippen molar-refractivity contribution in [3.05, 3.63) is 42.2 Å². The summed E-state index contributed by atoms with van der Waals surface area (Å²) < 4.78 is 2.28. The summed E-state index contributed by atoms with van der Waals surface area (Å²) in [6.45, 7) is 6.01. The van der Waals surface area contributed by atoms with Gasteiger partial charge in [0.25, 0.3) is 0 Å². The maximum Gasteiger partial charge on any atom is 0.246 e. The van der Waals surface area contributed by atoms with Crippen molar-refractivity contribution in [2.24, 2.45) is 5.92 Å². The second kappa shape index (κ2) is 5.04. The zero-order chi connectivity index (χ0) is 14.1. The number of hydrogen-bond donors (Lipinski definition) is 2. The number of rotatable bonds is 4. The van der Waals surface area contributed by atoms with Crippen LogP contribution < -0.4 is 10.6 Å². The molecule has 0 unspecified atom stereocenters. The topological polar surface area (TPSA) is 46.1 Å². The molecule has 0 aliphatic carbocycles. The number of aromatic nitrogens is 1. The number of amides is 1. The third-order valence-electron chi connectivity index (χ3n) is 3.43. The van der Waals surface area contributed by atoms with Gasteiger partial charge in [0.15, 0.2) is 0 Å². The van der Waals surface area contributed by atoms with E-state index in [9.17, 15) is 4.79 Å². The number of benzene rings is 1. The van der Waals surface area contributed by atoms with E-state index in [-0.39, 0.29) is 5.91 Å². The van der Waals surface area contributed by atoms with Gasteiger partial charge in [-0.25, -0.2) is 0 Å². The number of fused-ring (bicyclic) bond motifs is 1. The van der Waals surface area contributed by atoms with Gasteiger partial charge in [0.2, 0.25) is 5.91 Å². The standard InChI is InChI=1S/C16H19N3O/c1-11(2)10-19-7-6-13-14(4-3-5-15(13)19)18-12-8-16(20)17-9-12/h3-8,11,18H,9-10H2,1-2H3,(H,17,20). The van der Waals surface area contributed by atoms with Crippen LogP contribution in [0.3, 0.4) is 0 Å². The molecule has 1 aliphatic rings. The molecular weight excluding hydrogens is 250 g/mol. The molecule has 1 aromatic carbocycles. The van der Waals surface area contributed by atoms with Crippen LogP contribution in [0.5, 0.6) is 0 Å². The molecule has 0 fully saturated rings. The van der Waals surface area contributed by atoms with Crippen molar-refractivity contribution in [3.63, 3.8) is 0 Å². The van der Waals surface area contributed by atoms with Gasteiger partial charge in [-0.05, 0) is 24.1 Å². The molecular formula is C16H19N3O. The van der Waals surface area contributed by atoms with Crippen LogP contribution in [0.25, 0.3) is 10.9 Å². The number of carbonyl (C=O) groups is 1. The molecule has 0 radical (unpaired) electrons. The number of carbonyl (C=O) groups excluding carboxylic acids is 1. The van der Waals surface area contributed by atoms with Gasteiger partial charge in [0.1, 0.15) is 0 Å². The Bertz CT molecular complexity index is 682. The smallest absolute Gasteiger partial charge is 0.246 e. The summed E-state index contributed by atoms with van der Waals surface area (Å²) in [6, 6.07) is 8.36. The van der Waals surface area contributed by atoms with Crippen molar-refractivity contribution in [1.82, 2.24) is 9.88 Å². The first-order valence-electron chi connectivity index (χ1n) is 6.97. The number of nitrogens with one attached hydrogen (secondary N) is 2. The molecule has 1 aromatic heterocycles. The van der Waals surface area contributed by atoms with E-state index in [0.717, 1.165) is 17.9 Å². The Morgan fingerprint density at radius 3 is 2.90 bits per heavy atom. The average Bonchev–Trinajstić information content (AvgIpc) is 2.97. The second-order valence-electron chi connectivity index (χ2n) is 5.61. The van der Waals surface area contributed by atoms with Crippen LogP contribution in [0.15, 0.2) is 42.2 Å². The lowest BCUT2D eigenvalue weighted by Gasteiger charge is -2.11. The van der Waals surface area contributed by atoms with Crippen molar-refractivity contribution < 1.29 is 4.79 Å². The summed E-state index contributed by atoms with van der Waals surface area (Å²) >= 11 is 0. The summed E-state index contributed by atoms with van der Waals surface area (Å²) in [4.78, 5) is 11.2. The van der Waals surface area contributed by atoms with Gasteiger partial charge in [-0.3, -0.25) is 4.79 Å². The summed E-state index contributed by atoms with van der Waals surface area (Å²) in [5.41, 5.74) is 3.19. The normalized spacial score (nSPS) is 14.8. The van der Waals surface area contributed by atoms with Crippen LogP contribution >= 0.6 is 0 Å². The lowest BCUT2D eigenvalue weighted by Crippen LogP contribution is -2.16. The van der Waals surface area contributed by atoms with Crippen LogP contribution in [-0.2, 0) is 11.3 Å². The van der Waals surface area contributed by atoms with Crippen LogP contribution in [0.1, 0.15) is 13.8 Å². The fourth-order valence-electron chi connectivity index (χ4n) is 2.58. The summed E-state index contributed by atoms with van der Waals surface area (Å²) in [6.07, 6.45) is 3.74. The van der Waals surface area contributed by atoms with E-state index in [0.29, 0.717) is 12.5 Å². The van der Waals surface area contributed by atoms with E-state index < -0.39 is 0 Å². The molecule has 104 valence electrons. The Hall–Kier alpha value is -2.23. The zero-order valence-corrected chi connectivity index (χ0v) is 11.8. The molecule has 4 heteroatoms. The predicted octanol–water partition coefficient (Wildman–Crippen LogP) is 2.72. The Kier molecular flexibility index (Phi) is 3.22. The monoisotopic (exact) mass is 269 g/mol. The van der Waals surface area contributed by atoms with Crippen LogP contribution in [0.4, 0.5) is 5.69 Å². The van der Waals surface area contributed by atoms with Gasteiger partial charge in [-0.1, -0.05) is 19.9 Å². The van der Waals surface area contributed by atoms with Gasteiger partial charge in [0.05, 0.1) is 12.1 Å². The third-order valence-corrected chi connectivity index (χ3v) is 3.43. The molecule has 1 amide bonds. The van der Waals surface area contributed by atoms with Gasteiger partial charge in [0, 0.05) is 35.6 Å². The van der Waals surface area contributed by atoms with Crippen molar-refractivity contribution in [2.45, 2.75) is 20.4 Å². The maximum absolute atomic E-state index is 11.2. The van der Waals surface area contributed by atoms with Crippen LogP contribution in [0.2, 0.25) is 0 Å². The first-order chi connectivity index (χ1) is 9.63. The number of nitrogens with zero attached hydrogens (tertiary/aromatic N) is 1. The minimum Gasteiger partial charge on any atom is -0.357 e. The highest BCUT2D eigenvalue weighted by atomic mass is 16.1. The highest BCUT2D eigenvalue weighted by Crippen LogP contribution is 2.26. The van der Waals surface area contributed by atoms with Crippen molar-refractivity contribution >= 4 is 22.5 Å². The second-order valence-corrected chi connectivity index (χ2v) is 5.61. The van der Waals surface area contributed by atoms with Gasteiger partial charge in [-0.2, -0.15) is 0 Å². The fourth-order valence-corrected chi connectivity index (χ4v) is 2.58.